The van der Waals surface area contributed by atoms with Crippen LogP contribution in [0.15, 0.2) is 12.4 Å². The highest BCUT2D eigenvalue weighted by atomic mass is 35.5. The van der Waals surface area contributed by atoms with Crippen LogP contribution >= 0.6 is 11.6 Å². The predicted molar refractivity (Wildman–Crippen MR) is 55.0 cm³/mol. The third-order valence-corrected chi connectivity index (χ3v) is 1.98. The Morgan fingerprint density at radius 3 is 2.50 bits per heavy atom. The summed E-state index contributed by atoms with van der Waals surface area (Å²) in [5, 5.41) is 3.07. The maximum absolute atomic E-state index is 12.5. The number of hydrogen-bond donors (Lipinski definition) is 1. The van der Waals surface area contributed by atoms with E-state index in [1.807, 2.05) is 13.8 Å². The van der Waals surface area contributed by atoms with Gasteiger partial charge in [-0.1, -0.05) is 0 Å². The molecule has 0 saturated heterocycles. The first-order chi connectivity index (χ1) is 6.53. The van der Waals surface area contributed by atoms with Crippen molar-refractivity contribution in [1.29, 1.82) is 0 Å². The Labute approximate surface area is 87.7 Å². The van der Waals surface area contributed by atoms with Gasteiger partial charge in [-0.2, -0.15) is 0 Å². The van der Waals surface area contributed by atoms with Crippen molar-refractivity contribution in [3.63, 3.8) is 0 Å². The molecule has 0 aliphatic heterocycles. The van der Waals surface area contributed by atoms with Gasteiger partial charge in [-0.3, -0.25) is 0 Å². The Bertz CT molecular complexity index is 287. The van der Waals surface area contributed by atoms with Gasteiger partial charge in [-0.25, -0.2) is 14.4 Å². The summed E-state index contributed by atoms with van der Waals surface area (Å²) in [6.07, 6.45) is 3.05. The highest BCUT2D eigenvalue weighted by molar-refractivity contribution is 6.17. The molecule has 0 atom stereocenters. The van der Waals surface area contributed by atoms with Crippen molar-refractivity contribution in [2.45, 2.75) is 25.8 Å². The first kappa shape index (κ1) is 11.2. The van der Waals surface area contributed by atoms with Crippen LogP contribution in [0, 0.1) is 5.82 Å². The average Bonchev–Trinajstić information content (AvgIpc) is 2.08. The molecule has 0 radical (unpaired) electrons. The number of halogens is 2. The van der Waals surface area contributed by atoms with E-state index in [9.17, 15) is 4.39 Å². The molecule has 1 rings (SSSR count). The van der Waals surface area contributed by atoms with E-state index in [2.05, 4.69) is 15.3 Å². The van der Waals surface area contributed by atoms with Crippen molar-refractivity contribution < 1.29 is 4.39 Å². The van der Waals surface area contributed by atoms with E-state index in [1.54, 1.807) is 0 Å². The van der Waals surface area contributed by atoms with Gasteiger partial charge in [-0.05, 0) is 20.3 Å². The summed E-state index contributed by atoms with van der Waals surface area (Å²) in [7, 11) is 0. The Morgan fingerprint density at radius 1 is 1.43 bits per heavy atom. The molecule has 0 saturated carbocycles. The zero-order valence-corrected chi connectivity index (χ0v) is 8.98. The SMILES string of the molecule is CC(C)(CCCl)Nc1ncc(F)cn1. The number of aromatic nitrogens is 2. The highest BCUT2D eigenvalue weighted by Crippen LogP contribution is 2.15. The fourth-order valence-corrected chi connectivity index (χ4v) is 1.45. The first-order valence-electron chi connectivity index (χ1n) is 4.35. The van der Waals surface area contributed by atoms with Crippen molar-refractivity contribution in [3.05, 3.63) is 18.2 Å². The summed E-state index contributed by atoms with van der Waals surface area (Å²) in [6, 6.07) is 0. The largest absolute Gasteiger partial charge is 0.349 e. The highest BCUT2D eigenvalue weighted by Gasteiger charge is 2.17. The fraction of sp³-hybridized carbons (Fsp3) is 0.556. The molecule has 0 aliphatic rings. The molecule has 1 aromatic rings. The third-order valence-electron chi connectivity index (χ3n) is 1.79. The second-order valence-corrected chi connectivity index (χ2v) is 4.05. The smallest absolute Gasteiger partial charge is 0.223 e. The summed E-state index contributed by atoms with van der Waals surface area (Å²) in [5.41, 5.74) is -0.181. The van der Waals surface area contributed by atoms with Gasteiger partial charge in [0.05, 0.1) is 12.4 Å². The third kappa shape index (κ3) is 3.46. The number of hydrogen-bond acceptors (Lipinski definition) is 3. The number of alkyl halides is 1. The Hall–Kier alpha value is -0.900. The standard InChI is InChI=1S/C9H13ClFN3/c1-9(2,3-4-10)14-8-12-5-7(11)6-13-8/h5-6H,3-4H2,1-2H3,(H,12,13,14). The average molecular weight is 218 g/mol. The van der Waals surface area contributed by atoms with Gasteiger partial charge < -0.3 is 5.32 Å². The number of anilines is 1. The lowest BCUT2D eigenvalue weighted by atomic mass is 10.0. The molecular formula is C9H13ClFN3. The Kier molecular flexibility index (Phi) is 3.63. The van der Waals surface area contributed by atoms with Crippen LogP contribution in [0.25, 0.3) is 0 Å². The van der Waals surface area contributed by atoms with Crippen molar-refractivity contribution >= 4 is 17.5 Å². The quantitative estimate of drug-likeness (QED) is 0.788. The Balaban J connectivity index is 2.64. The maximum atomic E-state index is 12.5. The van der Waals surface area contributed by atoms with Gasteiger partial charge in [0, 0.05) is 11.4 Å². The molecule has 0 fully saturated rings. The summed E-state index contributed by atoms with van der Waals surface area (Å²) in [6.45, 7) is 3.98. The van der Waals surface area contributed by atoms with Crippen molar-refractivity contribution in [3.8, 4) is 0 Å². The predicted octanol–water partition coefficient (Wildman–Crippen LogP) is 2.44. The summed E-state index contributed by atoms with van der Waals surface area (Å²) < 4.78 is 12.5. The topological polar surface area (TPSA) is 37.8 Å². The van der Waals surface area contributed by atoms with E-state index < -0.39 is 5.82 Å². The number of rotatable bonds is 4. The summed E-state index contributed by atoms with van der Waals surface area (Å²) in [4.78, 5) is 7.61. The lowest BCUT2D eigenvalue weighted by Gasteiger charge is -2.24. The number of nitrogens with one attached hydrogen (secondary N) is 1. The molecule has 78 valence electrons. The monoisotopic (exact) mass is 217 g/mol. The van der Waals surface area contributed by atoms with E-state index in [0.717, 1.165) is 18.8 Å². The van der Waals surface area contributed by atoms with E-state index >= 15 is 0 Å². The molecule has 1 heterocycles. The van der Waals surface area contributed by atoms with Crippen molar-refractivity contribution in [2.75, 3.05) is 11.2 Å². The molecule has 0 spiro atoms. The van der Waals surface area contributed by atoms with Crippen LogP contribution in [-0.4, -0.2) is 21.4 Å². The van der Waals surface area contributed by atoms with Crippen LogP contribution in [-0.2, 0) is 0 Å². The molecule has 0 aromatic carbocycles. The van der Waals surface area contributed by atoms with Gasteiger partial charge in [-0.15, -0.1) is 11.6 Å². The van der Waals surface area contributed by atoms with Crippen molar-refractivity contribution in [1.82, 2.24) is 9.97 Å². The van der Waals surface area contributed by atoms with E-state index in [4.69, 9.17) is 11.6 Å². The first-order valence-corrected chi connectivity index (χ1v) is 4.89. The molecule has 5 heteroatoms. The van der Waals surface area contributed by atoms with Crippen LogP contribution < -0.4 is 5.32 Å². The summed E-state index contributed by atoms with van der Waals surface area (Å²) in [5.74, 6) is 0.536. The zero-order chi connectivity index (χ0) is 10.6. The molecular weight excluding hydrogens is 205 g/mol. The molecule has 0 unspecified atom stereocenters. The second kappa shape index (κ2) is 4.55. The molecule has 0 aliphatic carbocycles. The molecule has 1 aromatic heterocycles. The number of nitrogens with zero attached hydrogens (tertiary/aromatic N) is 2. The van der Waals surface area contributed by atoms with Crippen LogP contribution in [0.2, 0.25) is 0 Å². The molecule has 0 bridgehead atoms. The zero-order valence-electron chi connectivity index (χ0n) is 8.22. The minimum absolute atomic E-state index is 0.181. The molecule has 14 heavy (non-hydrogen) atoms. The van der Waals surface area contributed by atoms with Gasteiger partial charge in [0.2, 0.25) is 5.95 Å². The van der Waals surface area contributed by atoms with Gasteiger partial charge in [0.1, 0.15) is 0 Å². The summed E-state index contributed by atoms with van der Waals surface area (Å²) >= 11 is 5.64. The maximum Gasteiger partial charge on any atom is 0.223 e. The second-order valence-electron chi connectivity index (χ2n) is 3.67. The lowest BCUT2D eigenvalue weighted by molar-refractivity contribution is 0.542. The van der Waals surface area contributed by atoms with E-state index in [-0.39, 0.29) is 5.54 Å². The lowest BCUT2D eigenvalue weighted by Crippen LogP contribution is -2.32. The van der Waals surface area contributed by atoms with Crippen molar-refractivity contribution in [2.24, 2.45) is 0 Å². The Morgan fingerprint density at radius 2 is 2.00 bits per heavy atom. The minimum Gasteiger partial charge on any atom is -0.349 e. The van der Waals surface area contributed by atoms with Crippen LogP contribution in [0.3, 0.4) is 0 Å². The van der Waals surface area contributed by atoms with Crippen LogP contribution in [0.5, 0.6) is 0 Å². The van der Waals surface area contributed by atoms with Gasteiger partial charge in [0.25, 0.3) is 0 Å². The minimum atomic E-state index is -0.439. The molecule has 1 N–H and O–H groups in total. The molecule has 3 nitrogen and oxygen atoms in total. The van der Waals surface area contributed by atoms with Gasteiger partial charge in [0.15, 0.2) is 5.82 Å². The fourth-order valence-electron chi connectivity index (χ4n) is 0.978. The van der Waals surface area contributed by atoms with Gasteiger partial charge >= 0.3 is 0 Å². The normalized spacial score (nSPS) is 11.4. The van der Waals surface area contributed by atoms with Crippen LogP contribution in [0.4, 0.5) is 10.3 Å². The molecule has 0 amide bonds. The van der Waals surface area contributed by atoms with E-state index in [0.29, 0.717) is 11.8 Å². The van der Waals surface area contributed by atoms with E-state index in [1.165, 1.54) is 0 Å². The van der Waals surface area contributed by atoms with Crippen LogP contribution in [0.1, 0.15) is 20.3 Å².